The molecule has 1 aromatic heterocycles. The number of benzene rings is 1. The van der Waals surface area contributed by atoms with E-state index in [2.05, 4.69) is 9.82 Å². The molecular formula is C14H17N3O5S. The van der Waals surface area contributed by atoms with Crippen molar-refractivity contribution in [1.82, 2.24) is 9.78 Å². The summed E-state index contributed by atoms with van der Waals surface area (Å²) < 4.78 is 33.6. The van der Waals surface area contributed by atoms with E-state index in [1.165, 1.54) is 24.4 Å². The summed E-state index contributed by atoms with van der Waals surface area (Å²) in [5, 5.41) is 13.0. The number of carbonyl (C=O) groups is 1. The second-order valence-electron chi connectivity index (χ2n) is 4.87. The molecule has 0 aliphatic rings. The second-order valence-corrected chi connectivity index (χ2v) is 6.55. The molecule has 0 bridgehead atoms. The molecule has 23 heavy (non-hydrogen) atoms. The SMILES string of the molecule is COCCn1cc(NS(=O)(=O)c2ccc(C(=O)O)c(C)c2)cn1. The van der Waals surface area contributed by atoms with E-state index in [0.717, 1.165) is 0 Å². The predicted molar refractivity (Wildman–Crippen MR) is 83.0 cm³/mol. The molecule has 0 unspecified atom stereocenters. The first kappa shape index (κ1) is 17.0. The fourth-order valence-corrected chi connectivity index (χ4v) is 3.09. The summed E-state index contributed by atoms with van der Waals surface area (Å²) >= 11 is 0. The molecule has 0 aliphatic carbocycles. The van der Waals surface area contributed by atoms with Gasteiger partial charge < -0.3 is 9.84 Å². The number of aromatic carboxylic acids is 1. The Balaban J connectivity index is 2.20. The first-order chi connectivity index (χ1) is 10.8. The average molecular weight is 339 g/mol. The van der Waals surface area contributed by atoms with Crippen molar-refractivity contribution in [2.45, 2.75) is 18.4 Å². The van der Waals surface area contributed by atoms with Gasteiger partial charge in [-0.05, 0) is 30.7 Å². The number of ether oxygens (including phenoxy) is 1. The molecule has 2 N–H and O–H groups in total. The summed E-state index contributed by atoms with van der Waals surface area (Å²) in [5.74, 6) is -1.10. The van der Waals surface area contributed by atoms with E-state index in [4.69, 9.17) is 9.84 Å². The zero-order valence-corrected chi connectivity index (χ0v) is 13.5. The molecule has 0 radical (unpaired) electrons. The lowest BCUT2D eigenvalue weighted by Gasteiger charge is -2.08. The van der Waals surface area contributed by atoms with Crippen molar-refractivity contribution in [1.29, 1.82) is 0 Å². The maximum absolute atomic E-state index is 12.3. The Hall–Kier alpha value is -2.39. The molecule has 0 aliphatic heterocycles. The zero-order chi connectivity index (χ0) is 17.0. The molecule has 8 nitrogen and oxygen atoms in total. The average Bonchev–Trinajstić information content (AvgIpc) is 2.91. The van der Waals surface area contributed by atoms with Crippen LogP contribution >= 0.6 is 0 Å². The number of nitrogens with zero attached hydrogens (tertiary/aromatic N) is 2. The third kappa shape index (κ3) is 4.08. The molecule has 0 spiro atoms. The van der Waals surface area contributed by atoms with Gasteiger partial charge in [0.15, 0.2) is 0 Å². The normalized spacial score (nSPS) is 11.4. The second kappa shape index (κ2) is 6.80. The molecule has 2 rings (SSSR count). The number of aryl methyl sites for hydroxylation is 1. The number of nitrogens with one attached hydrogen (secondary N) is 1. The molecule has 0 saturated heterocycles. The van der Waals surface area contributed by atoms with Crippen LogP contribution in [-0.2, 0) is 21.3 Å². The quantitative estimate of drug-likeness (QED) is 0.787. The highest BCUT2D eigenvalue weighted by Crippen LogP contribution is 2.19. The summed E-state index contributed by atoms with van der Waals surface area (Å²) in [4.78, 5) is 11.0. The zero-order valence-electron chi connectivity index (χ0n) is 12.7. The van der Waals surface area contributed by atoms with Gasteiger partial charge in [0.2, 0.25) is 0 Å². The van der Waals surface area contributed by atoms with Crippen LogP contribution in [-0.4, -0.2) is 43.0 Å². The number of rotatable bonds is 7. The van der Waals surface area contributed by atoms with Crippen LogP contribution < -0.4 is 4.72 Å². The van der Waals surface area contributed by atoms with E-state index >= 15 is 0 Å². The van der Waals surface area contributed by atoms with E-state index in [0.29, 0.717) is 24.4 Å². The number of hydrogen-bond acceptors (Lipinski definition) is 5. The smallest absolute Gasteiger partial charge is 0.335 e. The largest absolute Gasteiger partial charge is 0.478 e. The van der Waals surface area contributed by atoms with E-state index in [9.17, 15) is 13.2 Å². The minimum atomic E-state index is -3.81. The van der Waals surface area contributed by atoms with Crippen LogP contribution in [0, 0.1) is 6.92 Å². The first-order valence-corrected chi connectivity index (χ1v) is 8.20. The van der Waals surface area contributed by atoms with Crippen molar-refractivity contribution < 1.29 is 23.1 Å². The van der Waals surface area contributed by atoms with Crippen molar-refractivity contribution in [3.05, 3.63) is 41.7 Å². The Labute approximate surface area is 133 Å². The molecule has 1 heterocycles. The van der Waals surface area contributed by atoms with Crippen molar-refractivity contribution in [3.8, 4) is 0 Å². The molecule has 0 fully saturated rings. The third-order valence-electron chi connectivity index (χ3n) is 3.15. The summed E-state index contributed by atoms with van der Waals surface area (Å²) in [7, 11) is -2.25. The van der Waals surface area contributed by atoms with Crippen LogP contribution in [0.2, 0.25) is 0 Å². The Kier molecular flexibility index (Phi) is 5.02. The number of aromatic nitrogens is 2. The Morgan fingerprint density at radius 3 is 2.78 bits per heavy atom. The van der Waals surface area contributed by atoms with Crippen LogP contribution in [0.4, 0.5) is 5.69 Å². The van der Waals surface area contributed by atoms with E-state index < -0.39 is 16.0 Å². The highest BCUT2D eigenvalue weighted by Gasteiger charge is 2.17. The molecule has 0 amide bonds. The molecule has 0 atom stereocenters. The summed E-state index contributed by atoms with van der Waals surface area (Å²) in [6.07, 6.45) is 2.95. The number of hydrogen-bond donors (Lipinski definition) is 2. The number of methoxy groups -OCH3 is 1. The van der Waals surface area contributed by atoms with Gasteiger partial charge in [-0.2, -0.15) is 5.10 Å². The van der Waals surface area contributed by atoms with Crippen LogP contribution in [0.1, 0.15) is 15.9 Å². The van der Waals surface area contributed by atoms with Crippen molar-refractivity contribution >= 4 is 21.7 Å². The van der Waals surface area contributed by atoms with Crippen LogP contribution in [0.15, 0.2) is 35.5 Å². The topological polar surface area (TPSA) is 111 Å². The van der Waals surface area contributed by atoms with Crippen LogP contribution in [0.5, 0.6) is 0 Å². The third-order valence-corrected chi connectivity index (χ3v) is 4.53. The van der Waals surface area contributed by atoms with Crippen LogP contribution in [0.25, 0.3) is 0 Å². The minimum Gasteiger partial charge on any atom is -0.478 e. The van der Waals surface area contributed by atoms with Gasteiger partial charge in [-0.1, -0.05) is 0 Å². The van der Waals surface area contributed by atoms with Crippen LogP contribution in [0.3, 0.4) is 0 Å². The Morgan fingerprint density at radius 2 is 2.17 bits per heavy atom. The monoisotopic (exact) mass is 339 g/mol. The summed E-state index contributed by atoms with van der Waals surface area (Å²) in [6.45, 7) is 2.51. The molecule has 124 valence electrons. The van der Waals surface area contributed by atoms with Gasteiger partial charge in [0.25, 0.3) is 10.0 Å². The molecular weight excluding hydrogens is 322 g/mol. The van der Waals surface area contributed by atoms with Gasteiger partial charge in [-0.15, -0.1) is 0 Å². The fraction of sp³-hybridized carbons (Fsp3) is 0.286. The first-order valence-electron chi connectivity index (χ1n) is 6.71. The molecule has 0 saturated carbocycles. The molecule has 9 heteroatoms. The van der Waals surface area contributed by atoms with Gasteiger partial charge >= 0.3 is 5.97 Å². The van der Waals surface area contributed by atoms with E-state index in [1.54, 1.807) is 24.9 Å². The predicted octanol–water partition coefficient (Wildman–Crippen LogP) is 1.34. The number of carboxylic acid groups (broad SMARTS) is 1. The molecule has 1 aromatic carbocycles. The van der Waals surface area contributed by atoms with Crippen molar-refractivity contribution in [2.75, 3.05) is 18.4 Å². The highest BCUT2D eigenvalue weighted by molar-refractivity contribution is 7.92. The van der Waals surface area contributed by atoms with Crippen molar-refractivity contribution in [3.63, 3.8) is 0 Å². The maximum atomic E-state index is 12.3. The Morgan fingerprint density at radius 1 is 1.43 bits per heavy atom. The van der Waals surface area contributed by atoms with E-state index in [-0.39, 0.29) is 10.5 Å². The Bertz CT molecular complexity index is 814. The summed E-state index contributed by atoms with van der Waals surface area (Å²) in [6, 6.07) is 3.85. The number of anilines is 1. The van der Waals surface area contributed by atoms with E-state index in [1.807, 2.05) is 0 Å². The number of carboxylic acids is 1. The standard InChI is InChI=1S/C14H17N3O5S/c1-10-7-12(3-4-13(10)14(18)19)23(20,21)16-11-8-15-17(9-11)5-6-22-2/h3-4,7-9,16H,5-6H2,1-2H3,(H,18,19). The van der Waals surface area contributed by atoms with Gasteiger partial charge in [0.1, 0.15) is 0 Å². The lowest BCUT2D eigenvalue weighted by molar-refractivity contribution is 0.0696. The van der Waals surface area contributed by atoms with Gasteiger partial charge in [-0.3, -0.25) is 9.40 Å². The fourth-order valence-electron chi connectivity index (χ4n) is 1.98. The molecule has 2 aromatic rings. The lowest BCUT2D eigenvalue weighted by atomic mass is 10.1. The number of sulfonamides is 1. The van der Waals surface area contributed by atoms with Crippen molar-refractivity contribution in [2.24, 2.45) is 0 Å². The van der Waals surface area contributed by atoms with Gasteiger partial charge in [0, 0.05) is 13.3 Å². The minimum absolute atomic E-state index is 0.00959. The highest BCUT2D eigenvalue weighted by atomic mass is 32.2. The summed E-state index contributed by atoms with van der Waals surface area (Å²) in [5.41, 5.74) is 0.758. The maximum Gasteiger partial charge on any atom is 0.335 e. The lowest BCUT2D eigenvalue weighted by Crippen LogP contribution is -2.13. The van der Waals surface area contributed by atoms with Gasteiger partial charge in [-0.25, -0.2) is 13.2 Å². The van der Waals surface area contributed by atoms with Gasteiger partial charge in [0.05, 0.1) is 35.5 Å².